The second kappa shape index (κ2) is 9.59. The SMILES string of the molecule is COc1ccccc1N1C[C@@H](C(=O)N2CCC(c3c[nH]c4ccccc34)(c3c[nH]c4ccccc34)CC2)CC1=O. The molecule has 0 bridgehead atoms. The summed E-state index contributed by atoms with van der Waals surface area (Å²) in [6.07, 6.45) is 6.15. The molecule has 7 heteroatoms. The fraction of sp³-hybridized carbons (Fsp3) is 0.273. The second-order valence-corrected chi connectivity index (χ2v) is 11.0. The van der Waals surface area contributed by atoms with Gasteiger partial charge >= 0.3 is 0 Å². The number of nitrogens with zero attached hydrogens (tertiary/aromatic N) is 2. The van der Waals surface area contributed by atoms with Crippen LogP contribution in [0.2, 0.25) is 0 Å². The molecule has 2 amide bonds. The Hall–Kier alpha value is -4.52. The van der Waals surface area contributed by atoms with Gasteiger partial charge in [-0.15, -0.1) is 0 Å². The number of aromatic nitrogens is 2. The number of piperidine rings is 1. The molecule has 2 fully saturated rings. The van der Waals surface area contributed by atoms with Gasteiger partial charge in [0.15, 0.2) is 0 Å². The number of likely N-dealkylation sites (tertiary alicyclic amines) is 1. The summed E-state index contributed by atoms with van der Waals surface area (Å²) in [4.78, 5) is 37.4. The van der Waals surface area contributed by atoms with Gasteiger partial charge in [0.1, 0.15) is 5.75 Å². The van der Waals surface area contributed by atoms with Crippen LogP contribution in [0.4, 0.5) is 5.69 Å². The largest absolute Gasteiger partial charge is 0.495 e. The van der Waals surface area contributed by atoms with Crippen LogP contribution in [0.3, 0.4) is 0 Å². The van der Waals surface area contributed by atoms with Crippen molar-refractivity contribution in [3.8, 4) is 5.75 Å². The number of fused-ring (bicyclic) bond motifs is 2. The van der Waals surface area contributed by atoms with E-state index in [2.05, 4.69) is 70.9 Å². The zero-order valence-electron chi connectivity index (χ0n) is 22.5. The summed E-state index contributed by atoms with van der Waals surface area (Å²) in [6, 6.07) is 24.4. The van der Waals surface area contributed by atoms with E-state index >= 15 is 0 Å². The standard InChI is InChI=1S/C33H32N4O3/c1-40-30-13-7-6-12-29(30)37-21-22(18-31(37)38)32(39)36-16-14-33(15-17-36,25-19-34-27-10-4-2-8-23(25)27)26-20-35-28-11-5-3-9-24(26)28/h2-13,19-20,22,34-35H,14-18,21H2,1H3/t22-/m0/s1. The third-order valence-corrected chi connectivity index (χ3v) is 8.99. The van der Waals surface area contributed by atoms with Gasteiger partial charge in [0.25, 0.3) is 0 Å². The van der Waals surface area contributed by atoms with Crippen LogP contribution in [0.5, 0.6) is 5.75 Å². The van der Waals surface area contributed by atoms with Crippen molar-refractivity contribution in [2.75, 3.05) is 31.6 Å². The first-order chi connectivity index (χ1) is 19.6. The number of H-pyrrole nitrogens is 2. The molecule has 2 N–H and O–H groups in total. The number of benzene rings is 3. The fourth-order valence-corrected chi connectivity index (χ4v) is 6.94. The molecule has 0 unspecified atom stereocenters. The number of ether oxygens (including phenoxy) is 1. The van der Waals surface area contributed by atoms with Gasteiger partial charge in [-0.1, -0.05) is 48.5 Å². The second-order valence-electron chi connectivity index (χ2n) is 11.0. The van der Waals surface area contributed by atoms with Crippen molar-refractivity contribution in [3.05, 3.63) is 96.3 Å². The van der Waals surface area contributed by atoms with Crippen molar-refractivity contribution < 1.29 is 14.3 Å². The molecule has 7 rings (SSSR count). The molecule has 5 aromatic rings. The summed E-state index contributed by atoms with van der Waals surface area (Å²) in [7, 11) is 1.60. The van der Waals surface area contributed by atoms with Gasteiger partial charge in [-0.05, 0) is 48.2 Å². The minimum atomic E-state index is -0.355. The lowest BCUT2D eigenvalue weighted by molar-refractivity contribution is -0.137. The summed E-state index contributed by atoms with van der Waals surface area (Å²) in [5.74, 6) is 0.319. The van der Waals surface area contributed by atoms with Gasteiger partial charge in [-0.2, -0.15) is 0 Å². The first-order valence-electron chi connectivity index (χ1n) is 13.9. The lowest BCUT2D eigenvalue weighted by Gasteiger charge is -2.43. The molecule has 3 aromatic carbocycles. The number of hydrogen-bond acceptors (Lipinski definition) is 3. The van der Waals surface area contributed by atoms with Crippen molar-refractivity contribution >= 4 is 39.3 Å². The van der Waals surface area contributed by atoms with Crippen LogP contribution in [-0.4, -0.2) is 53.4 Å². The molecule has 4 heterocycles. The average Bonchev–Trinajstić information content (AvgIpc) is 3.74. The van der Waals surface area contributed by atoms with Crippen LogP contribution in [0.1, 0.15) is 30.4 Å². The molecule has 0 radical (unpaired) electrons. The van der Waals surface area contributed by atoms with E-state index in [1.54, 1.807) is 12.0 Å². The maximum atomic E-state index is 13.8. The number of nitrogens with one attached hydrogen (secondary N) is 2. The van der Waals surface area contributed by atoms with Crippen molar-refractivity contribution in [2.24, 2.45) is 5.92 Å². The number of aromatic amines is 2. The molecule has 1 atom stereocenters. The minimum absolute atomic E-state index is 0.0354. The van der Waals surface area contributed by atoms with Gasteiger partial charge in [0.05, 0.1) is 18.7 Å². The van der Waals surface area contributed by atoms with E-state index in [1.807, 2.05) is 29.2 Å². The Morgan fingerprint density at radius 1 is 0.850 bits per heavy atom. The lowest BCUT2D eigenvalue weighted by atomic mass is 9.67. The predicted molar refractivity (Wildman–Crippen MR) is 157 cm³/mol. The smallest absolute Gasteiger partial charge is 0.228 e. The zero-order chi connectivity index (χ0) is 27.3. The van der Waals surface area contributed by atoms with E-state index < -0.39 is 0 Å². The summed E-state index contributed by atoms with van der Waals surface area (Å²) in [5, 5.41) is 2.45. The van der Waals surface area contributed by atoms with Crippen LogP contribution >= 0.6 is 0 Å². The Labute approximate surface area is 232 Å². The van der Waals surface area contributed by atoms with Gasteiger partial charge in [-0.25, -0.2) is 0 Å². The highest BCUT2D eigenvalue weighted by Crippen LogP contribution is 2.47. The molecular formula is C33H32N4O3. The third-order valence-electron chi connectivity index (χ3n) is 8.99. The van der Waals surface area contributed by atoms with Crippen LogP contribution < -0.4 is 9.64 Å². The summed E-state index contributed by atoms with van der Waals surface area (Å²) in [5.41, 5.74) is 5.27. The number of hydrogen-bond donors (Lipinski definition) is 2. The number of carbonyl (C=O) groups excluding carboxylic acids is 2. The first kappa shape index (κ1) is 24.5. The van der Waals surface area contributed by atoms with Crippen LogP contribution in [0, 0.1) is 5.92 Å². The zero-order valence-corrected chi connectivity index (χ0v) is 22.5. The van der Waals surface area contributed by atoms with E-state index in [9.17, 15) is 9.59 Å². The highest BCUT2D eigenvalue weighted by molar-refractivity contribution is 6.01. The predicted octanol–water partition coefficient (Wildman–Crippen LogP) is 5.62. The van der Waals surface area contributed by atoms with Crippen LogP contribution in [-0.2, 0) is 15.0 Å². The monoisotopic (exact) mass is 532 g/mol. The number of anilines is 1. The maximum absolute atomic E-state index is 13.8. The van der Waals surface area contributed by atoms with Gasteiger partial charge in [-0.3, -0.25) is 9.59 Å². The molecule has 40 heavy (non-hydrogen) atoms. The number of amides is 2. The van der Waals surface area contributed by atoms with Gasteiger partial charge < -0.3 is 24.5 Å². The lowest BCUT2D eigenvalue weighted by Crippen LogP contribution is -2.47. The molecule has 2 aromatic heterocycles. The highest BCUT2D eigenvalue weighted by Gasteiger charge is 2.44. The Morgan fingerprint density at radius 3 is 2.05 bits per heavy atom. The Balaban J connectivity index is 1.18. The Morgan fingerprint density at radius 2 is 1.43 bits per heavy atom. The molecule has 202 valence electrons. The average molecular weight is 533 g/mol. The van der Waals surface area contributed by atoms with E-state index in [4.69, 9.17) is 4.74 Å². The normalized spacial score (nSPS) is 19.0. The Kier molecular flexibility index (Phi) is 5.88. The number of methoxy groups -OCH3 is 1. The minimum Gasteiger partial charge on any atom is -0.495 e. The molecule has 2 saturated heterocycles. The topological polar surface area (TPSA) is 81.4 Å². The number of para-hydroxylation sites is 4. The van der Waals surface area contributed by atoms with Gasteiger partial charge in [0.2, 0.25) is 11.8 Å². The highest BCUT2D eigenvalue weighted by atomic mass is 16.5. The number of carbonyl (C=O) groups is 2. The molecule has 2 aliphatic rings. The molecule has 2 aliphatic heterocycles. The molecule has 0 spiro atoms. The third kappa shape index (κ3) is 3.79. The van der Waals surface area contributed by atoms with Crippen molar-refractivity contribution in [1.29, 1.82) is 0 Å². The van der Waals surface area contributed by atoms with Crippen molar-refractivity contribution in [1.82, 2.24) is 14.9 Å². The van der Waals surface area contributed by atoms with E-state index in [0.29, 0.717) is 25.4 Å². The quantitative estimate of drug-likeness (QED) is 0.308. The molecule has 0 aliphatic carbocycles. The maximum Gasteiger partial charge on any atom is 0.228 e. The van der Waals surface area contributed by atoms with Crippen molar-refractivity contribution in [3.63, 3.8) is 0 Å². The summed E-state index contributed by atoms with van der Waals surface area (Å²) >= 11 is 0. The van der Waals surface area contributed by atoms with E-state index in [-0.39, 0.29) is 29.6 Å². The summed E-state index contributed by atoms with van der Waals surface area (Å²) in [6.45, 7) is 1.65. The molecular weight excluding hydrogens is 500 g/mol. The van der Waals surface area contributed by atoms with Crippen molar-refractivity contribution in [2.45, 2.75) is 24.7 Å². The van der Waals surface area contributed by atoms with Crippen LogP contribution in [0.25, 0.3) is 21.8 Å². The first-order valence-corrected chi connectivity index (χ1v) is 13.9. The van der Waals surface area contributed by atoms with E-state index in [1.165, 1.54) is 21.9 Å². The Bertz CT molecular complexity index is 1650. The fourth-order valence-electron chi connectivity index (χ4n) is 6.94. The number of rotatable bonds is 5. The summed E-state index contributed by atoms with van der Waals surface area (Å²) < 4.78 is 5.48. The van der Waals surface area contributed by atoms with E-state index in [0.717, 1.165) is 29.6 Å². The molecule has 7 nitrogen and oxygen atoms in total. The van der Waals surface area contributed by atoms with Gasteiger partial charge in [0, 0.05) is 65.7 Å². The molecule has 0 saturated carbocycles. The van der Waals surface area contributed by atoms with Crippen LogP contribution in [0.15, 0.2) is 85.2 Å².